The Morgan fingerprint density at radius 2 is 1.90 bits per heavy atom. The van der Waals surface area contributed by atoms with Gasteiger partial charge in [-0.3, -0.25) is 20.4 Å². The molecule has 7 heteroatoms. The van der Waals surface area contributed by atoms with Crippen molar-refractivity contribution >= 4 is 39.1 Å². The fraction of sp³-hybridized carbons (Fsp3) is 0.0769. The molecule has 0 aliphatic heterocycles. The zero-order valence-corrected chi connectivity index (χ0v) is 12.6. The van der Waals surface area contributed by atoms with E-state index >= 15 is 0 Å². The van der Waals surface area contributed by atoms with Crippen LogP contribution in [0.1, 0.15) is 15.2 Å². The number of carbonyl (C=O) groups excluding carboxylic acids is 2. The average Bonchev–Trinajstić information content (AvgIpc) is 2.85. The molecule has 1 heterocycles. The Labute approximate surface area is 127 Å². The first kappa shape index (κ1) is 14.7. The normalized spacial score (nSPS) is 10.1. The monoisotopic (exact) mass is 356 g/mol. The maximum atomic E-state index is 13.3. The van der Waals surface area contributed by atoms with Gasteiger partial charge in [0.15, 0.2) is 0 Å². The maximum absolute atomic E-state index is 13.3. The van der Waals surface area contributed by atoms with Gasteiger partial charge < -0.3 is 0 Å². The van der Waals surface area contributed by atoms with Gasteiger partial charge in [-0.25, -0.2) is 4.39 Å². The third-order valence-electron chi connectivity index (χ3n) is 2.42. The molecule has 0 aliphatic carbocycles. The van der Waals surface area contributed by atoms with Crippen LogP contribution in [0.3, 0.4) is 0 Å². The highest BCUT2D eigenvalue weighted by atomic mass is 79.9. The van der Waals surface area contributed by atoms with Crippen LogP contribution in [-0.2, 0) is 11.2 Å². The van der Waals surface area contributed by atoms with Crippen LogP contribution in [0, 0.1) is 5.82 Å². The molecule has 0 atom stereocenters. The minimum Gasteiger partial charge on any atom is -0.273 e. The Morgan fingerprint density at radius 1 is 1.15 bits per heavy atom. The van der Waals surface area contributed by atoms with Crippen molar-refractivity contribution in [1.29, 1.82) is 0 Å². The van der Waals surface area contributed by atoms with Gasteiger partial charge >= 0.3 is 0 Å². The van der Waals surface area contributed by atoms with Crippen molar-refractivity contribution < 1.29 is 14.0 Å². The summed E-state index contributed by atoms with van der Waals surface area (Å²) >= 11 is 4.49. The fourth-order valence-corrected chi connectivity index (χ4v) is 2.76. The van der Waals surface area contributed by atoms with Crippen LogP contribution in [0.15, 0.2) is 40.2 Å². The van der Waals surface area contributed by atoms with Gasteiger partial charge in [0.25, 0.3) is 5.91 Å². The summed E-state index contributed by atoms with van der Waals surface area (Å²) < 4.78 is 14.2. The Kier molecular flexibility index (Phi) is 4.86. The van der Waals surface area contributed by atoms with E-state index in [1.54, 1.807) is 24.3 Å². The van der Waals surface area contributed by atoms with Crippen molar-refractivity contribution in [3.63, 3.8) is 0 Å². The molecule has 0 bridgehead atoms. The fourth-order valence-electron chi connectivity index (χ4n) is 1.48. The zero-order chi connectivity index (χ0) is 14.5. The van der Waals surface area contributed by atoms with Crippen molar-refractivity contribution in [3.8, 4) is 0 Å². The minimum absolute atomic E-state index is 0.138. The summed E-state index contributed by atoms with van der Waals surface area (Å²) in [5.41, 5.74) is 4.81. The molecule has 2 amide bonds. The first-order valence-corrected chi connectivity index (χ1v) is 7.25. The molecule has 0 aliphatic rings. The van der Waals surface area contributed by atoms with Gasteiger partial charge in [0.1, 0.15) is 5.82 Å². The summed E-state index contributed by atoms with van der Waals surface area (Å²) in [6.45, 7) is 0. The molecule has 0 fully saturated rings. The Morgan fingerprint density at radius 3 is 2.55 bits per heavy atom. The number of hydrazine groups is 1. The molecule has 1 aromatic heterocycles. The number of thiophene rings is 1. The zero-order valence-electron chi connectivity index (χ0n) is 10.2. The van der Waals surface area contributed by atoms with Crippen molar-refractivity contribution in [3.05, 3.63) is 56.4 Å². The molecule has 0 radical (unpaired) electrons. The molecule has 4 nitrogen and oxygen atoms in total. The van der Waals surface area contributed by atoms with Gasteiger partial charge in [0.05, 0.1) is 15.1 Å². The van der Waals surface area contributed by atoms with Gasteiger partial charge in [0, 0.05) is 0 Å². The van der Waals surface area contributed by atoms with E-state index in [9.17, 15) is 14.0 Å². The highest BCUT2D eigenvalue weighted by molar-refractivity contribution is 9.11. The minimum atomic E-state index is -0.487. The van der Waals surface area contributed by atoms with Crippen LogP contribution in [0.5, 0.6) is 0 Å². The number of halogens is 2. The third-order valence-corrected chi connectivity index (χ3v) is 4.04. The molecule has 0 unspecified atom stereocenters. The van der Waals surface area contributed by atoms with E-state index in [0.29, 0.717) is 4.88 Å². The third kappa shape index (κ3) is 3.88. The van der Waals surface area contributed by atoms with Crippen LogP contribution in [0.4, 0.5) is 4.39 Å². The van der Waals surface area contributed by atoms with Crippen LogP contribution in [0.2, 0.25) is 0 Å². The van der Waals surface area contributed by atoms with Gasteiger partial charge in [-0.05, 0) is 39.7 Å². The summed E-state index contributed by atoms with van der Waals surface area (Å²) in [6, 6.07) is 9.37. The molecule has 20 heavy (non-hydrogen) atoms. The molecule has 0 spiro atoms. The summed E-state index contributed by atoms with van der Waals surface area (Å²) in [4.78, 5) is 23.7. The first-order chi connectivity index (χ1) is 9.56. The van der Waals surface area contributed by atoms with E-state index in [4.69, 9.17) is 0 Å². The number of rotatable bonds is 3. The lowest BCUT2D eigenvalue weighted by molar-refractivity contribution is -0.121. The number of nitrogens with one attached hydrogen (secondary N) is 2. The van der Waals surface area contributed by atoms with Gasteiger partial charge in [-0.1, -0.05) is 18.2 Å². The van der Waals surface area contributed by atoms with E-state index < -0.39 is 17.6 Å². The maximum Gasteiger partial charge on any atom is 0.279 e. The predicted octanol–water partition coefficient (Wildman–Crippen LogP) is 2.65. The lowest BCUT2D eigenvalue weighted by Gasteiger charge is -2.06. The smallest absolute Gasteiger partial charge is 0.273 e. The Balaban J connectivity index is 1.87. The van der Waals surface area contributed by atoms with E-state index in [2.05, 4.69) is 26.8 Å². The molecule has 2 N–H and O–H groups in total. The molecular weight excluding hydrogens is 347 g/mol. The second-order valence-corrected chi connectivity index (χ2v) is 6.34. The quantitative estimate of drug-likeness (QED) is 0.830. The molecular formula is C13H10BrFN2O2S. The number of carbonyl (C=O) groups is 2. The molecule has 104 valence electrons. The molecule has 1 aromatic carbocycles. The number of hydrogen-bond donors (Lipinski definition) is 2. The first-order valence-electron chi connectivity index (χ1n) is 5.64. The summed E-state index contributed by atoms with van der Waals surface area (Å²) in [5.74, 6) is -1.35. The molecule has 0 saturated carbocycles. The van der Waals surface area contributed by atoms with Crippen LogP contribution < -0.4 is 10.9 Å². The van der Waals surface area contributed by atoms with Crippen LogP contribution >= 0.6 is 27.3 Å². The topological polar surface area (TPSA) is 58.2 Å². The Bertz CT molecular complexity index is 645. The van der Waals surface area contributed by atoms with Crippen molar-refractivity contribution in [2.45, 2.75) is 6.42 Å². The molecule has 0 saturated heterocycles. The Hall–Kier alpha value is -1.73. The highest BCUT2D eigenvalue weighted by Gasteiger charge is 2.11. The number of benzene rings is 1. The predicted molar refractivity (Wildman–Crippen MR) is 77.7 cm³/mol. The second kappa shape index (κ2) is 6.62. The SMILES string of the molecule is O=C(Cc1ccccc1F)NNC(=O)c1ccc(Br)s1. The van der Waals surface area contributed by atoms with E-state index in [-0.39, 0.29) is 12.0 Å². The van der Waals surface area contributed by atoms with E-state index in [1.165, 1.54) is 23.5 Å². The average molecular weight is 357 g/mol. The van der Waals surface area contributed by atoms with Crippen molar-refractivity contribution in [1.82, 2.24) is 10.9 Å². The lowest BCUT2D eigenvalue weighted by Crippen LogP contribution is -2.42. The van der Waals surface area contributed by atoms with Gasteiger partial charge in [-0.2, -0.15) is 0 Å². The standard InChI is InChI=1S/C13H10BrFN2O2S/c14-11-6-5-10(20-11)13(19)17-16-12(18)7-8-3-1-2-4-9(8)15/h1-6H,7H2,(H,16,18)(H,17,19). The lowest BCUT2D eigenvalue weighted by atomic mass is 10.1. The van der Waals surface area contributed by atoms with E-state index in [0.717, 1.165) is 3.79 Å². The molecule has 2 aromatic rings. The van der Waals surface area contributed by atoms with Crippen molar-refractivity contribution in [2.75, 3.05) is 0 Å². The van der Waals surface area contributed by atoms with E-state index in [1.807, 2.05) is 0 Å². The van der Waals surface area contributed by atoms with Gasteiger partial charge in [0.2, 0.25) is 5.91 Å². The van der Waals surface area contributed by atoms with Gasteiger partial charge in [-0.15, -0.1) is 11.3 Å². The van der Waals surface area contributed by atoms with Crippen LogP contribution in [-0.4, -0.2) is 11.8 Å². The number of hydrogen-bond acceptors (Lipinski definition) is 3. The summed E-state index contributed by atoms with van der Waals surface area (Å²) in [5, 5.41) is 0. The van der Waals surface area contributed by atoms with Crippen LogP contribution in [0.25, 0.3) is 0 Å². The summed E-state index contributed by atoms with van der Waals surface area (Å²) in [7, 11) is 0. The molecule has 2 rings (SSSR count). The highest BCUT2D eigenvalue weighted by Crippen LogP contribution is 2.21. The summed E-state index contributed by atoms with van der Waals surface area (Å²) in [6.07, 6.45) is -0.138. The largest absolute Gasteiger partial charge is 0.279 e. The second-order valence-electron chi connectivity index (χ2n) is 3.87. The van der Waals surface area contributed by atoms with Crippen molar-refractivity contribution in [2.24, 2.45) is 0 Å². The number of amides is 2.